The molecule has 4 rings (SSSR count). The molecule has 2 aliphatic heterocycles. The standard InChI is InChI=1S/C19H22N4O/c1-21-11-13-22(14-12-21)19-15-23(24-16-7-3-2-4-8-16)18-10-6-5-9-17(18)20-19/h2-10,15,20H,11-14H2,1H3. The first kappa shape index (κ1) is 14.9. The average molecular weight is 322 g/mol. The highest BCUT2D eigenvalue weighted by Crippen LogP contribution is 2.33. The second kappa shape index (κ2) is 6.45. The van der Waals surface area contributed by atoms with Gasteiger partial charge in [-0.3, -0.25) is 0 Å². The van der Waals surface area contributed by atoms with Gasteiger partial charge in [0.1, 0.15) is 11.5 Å². The van der Waals surface area contributed by atoms with Crippen LogP contribution in [0.2, 0.25) is 0 Å². The maximum atomic E-state index is 6.10. The van der Waals surface area contributed by atoms with Crippen molar-refractivity contribution in [2.75, 3.05) is 43.6 Å². The molecule has 5 nitrogen and oxygen atoms in total. The Morgan fingerprint density at radius 1 is 0.875 bits per heavy atom. The highest BCUT2D eigenvalue weighted by molar-refractivity contribution is 5.74. The zero-order chi connectivity index (χ0) is 16.4. The summed E-state index contributed by atoms with van der Waals surface area (Å²) < 4.78 is 0. The molecule has 2 heterocycles. The Morgan fingerprint density at radius 3 is 2.38 bits per heavy atom. The first-order valence-electron chi connectivity index (χ1n) is 8.33. The van der Waals surface area contributed by atoms with Gasteiger partial charge in [0.25, 0.3) is 0 Å². The second-order valence-corrected chi connectivity index (χ2v) is 6.18. The highest BCUT2D eigenvalue weighted by atomic mass is 16.7. The summed E-state index contributed by atoms with van der Waals surface area (Å²) in [5.74, 6) is 1.90. The number of para-hydroxylation sites is 3. The molecule has 0 bridgehead atoms. The van der Waals surface area contributed by atoms with E-state index in [1.54, 1.807) is 0 Å². The van der Waals surface area contributed by atoms with Crippen LogP contribution in [0.15, 0.2) is 66.6 Å². The number of rotatable bonds is 3. The number of benzene rings is 2. The van der Waals surface area contributed by atoms with E-state index in [4.69, 9.17) is 4.84 Å². The predicted octanol–water partition coefficient (Wildman–Crippen LogP) is 2.96. The van der Waals surface area contributed by atoms with Crippen molar-refractivity contribution in [3.63, 3.8) is 0 Å². The van der Waals surface area contributed by atoms with Crippen molar-refractivity contribution in [3.8, 4) is 5.75 Å². The summed E-state index contributed by atoms with van der Waals surface area (Å²) in [6.45, 7) is 4.16. The smallest absolute Gasteiger partial charge is 0.155 e. The van der Waals surface area contributed by atoms with Gasteiger partial charge in [-0.05, 0) is 31.3 Å². The van der Waals surface area contributed by atoms with Crippen molar-refractivity contribution in [2.24, 2.45) is 0 Å². The summed E-state index contributed by atoms with van der Waals surface area (Å²) in [6, 6.07) is 18.1. The summed E-state index contributed by atoms with van der Waals surface area (Å²) >= 11 is 0. The first-order valence-corrected chi connectivity index (χ1v) is 8.33. The molecule has 0 aliphatic carbocycles. The van der Waals surface area contributed by atoms with Crippen LogP contribution < -0.4 is 15.2 Å². The summed E-state index contributed by atoms with van der Waals surface area (Å²) in [5.41, 5.74) is 2.07. The van der Waals surface area contributed by atoms with Gasteiger partial charge in [-0.25, -0.2) is 0 Å². The monoisotopic (exact) mass is 322 g/mol. The first-order chi connectivity index (χ1) is 11.8. The van der Waals surface area contributed by atoms with E-state index >= 15 is 0 Å². The lowest BCUT2D eigenvalue weighted by Gasteiger charge is -2.38. The van der Waals surface area contributed by atoms with Crippen molar-refractivity contribution >= 4 is 11.4 Å². The van der Waals surface area contributed by atoms with Gasteiger partial charge < -0.3 is 20.0 Å². The fourth-order valence-corrected chi connectivity index (χ4v) is 3.00. The number of nitrogens with one attached hydrogen (secondary N) is 1. The third kappa shape index (κ3) is 3.03. The molecule has 24 heavy (non-hydrogen) atoms. The van der Waals surface area contributed by atoms with Crippen LogP contribution in [0.1, 0.15) is 0 Å². The molecule has 2 aromatic carbocycles. The van der Waals surface area contributed by atoms with Crippen LogP contribution in [-0.4, -0.2) is 43.0 Å². The molecule has 0 atom stereocenters. The van der Waals surface area contributed by atoms with E-state index in [9.17, 15) is 0 Å². The van der Waals surface area contributed by atoms with Crippen LogP contribution in [0.3, 0.4) is 0 Å². The van der Waals surface area contributed by atoms with Crippen molar-refractivity contribution in [1.29, 1.82) is 0 Å². The molecular weight excluding hydrogens is 300 g/mol. The maximum Gasteiger partial charge on any atom is 0.155 e. The number of nitrogens with zero attached hydrogens (tertiary/aromatic N) is 3. The SMILES string of the molecule is CN1CCN(C2=CN(Oc3ccccc3)c3ccccc3N2)CC1. The minimum atomic E-state index is 0.822. The average Bonchev–Trinajstić information content (AvgIpc) is 2.63. The number of piperazine rings is 1. The zero-order valence-electron chi connectivity index (χ0n) is 13.9. The molecule has 1 saturated heterocycles. The summed E-state index contributed by atoms with van der Waals surface area (Å²) in [7, 11) is 2.17. The minimum absolute atomic E-state index is 0.822. The van der Waals surface area contributed by atoms with Crippen LogP contribution in [-0.2, 0) is 0 Å². The van der Waals surface area contributed by atoms with Crippen LogP contribution in [0.5, 0.6) is 5.75 Å². The number of hydrogen-bond acceptors (Lipinski definition) is 5. The van der Waals surface area contributed by atoms with Crippen LogP contribution in [0.4, 0.5) is 11.4 Å². The Bertz CT molecular complexity index is 723. The van der Waals surface area contributed by atoms with E-state index < -0.39 is 0 Å². The number of anilines is 2. The Kier molecular flexibility index (Phi) is 4.01. The lowest BCUT2D eigenvalue weighted by molar-refractivity contribution is 0.185. The molecule has 1 fully saturated rings. The molecule has 0 spiro atoms. The highest BCUT2D eigenvalue weighted by Gasteiger charge is 2.24. The van der Waals surface area contributed by atoms with E-state index in [2.05, 4.69) is 34.3 Å². The molecule has 2 aliphatic rings. The number of likely N-dealkylation sites (N-methyl/N-ethyl adjacent to an activating group) is 1. The summed E-state index contributed by atoms with van der Waals surface area (Å²) in [5, 5.41) is 5.40. The quantitative estimate of drug-likeness (QED) is 0.939. The Morgan fingerprint density at radius 2 is 1.58 bits per heavy atom. The molecule has 0 aromatic heterocycles. The van der Waals surface area contributed by atoms with E-state index in [1.165, 1.54) is 0 Å². The van der Waals surface area contributed by atoms with Crippen molar-refractivity contribution in [3.05, 3.63) is 66.6 Å². The van der Waals surface area contributed by atoms with Gasteiger partial charge >= 0.3 is 0 Å². The van der Waals surface area contributed by atoms with Crippen molar-refractivity contribution < 1.29 is 4.84 Å². The molecule has 1 N–H and O–H groups in total. The van der Waals surface area contributed by atoms with Crippen LogP contribution >= 0.6 is 0 Å². The Balaban J connectivity index is 1.62. The van der Waals surface area contributed by atoms with Gasteiger partial charge in [-0.2, -0.15) is 5.06 Å². The number of fused-ring (bicyclic) bond motifs is 1. The van der Waals surface area contributed by atoms with E-state index in [0.717, 1.165) is 49.1 Å². The van der Waals surface area contributed by atoms with E-state index in [0.29, 0.717) is 0 Å². The molecule has 0 unspecified atom stereocenters. The Hall–Kier alpha value is -2.66. The summed E-state index contributed by atoms with van der Waals surface area (Å²) in [6.07, 6.45) is 2.04. The zero-order valence-corrected chi connectivity index (χ0v) is 13.9. The largest absolute Gasteiger partial charge is 0.375 e. The molecule has 5 heteroatoms. The van der Waals surface area contributed by atoms with Gasteiger partial charge in [0, 0.05) is 26.2 Å². The van der Waals surface area contributed by atoms with E-state index in [1.807, 2.05) is 53.7 Å². The fraction of sp³-hybridized carbons (Fsp3) is 0.263. The number of hydroxylamine groups is 1. The third-order valence-corrected chi connectivity index (χ3v) is 4.43. The maximum absolute atomic E-state index is 6.10. The van der Waals surface area contributed by atoms with Gasteiger partial charge in [-0.15, -0.1) is 0 Å². The van der Waals surface area contributed by atoms with Crippen LogP contribution in [0, 0.1) is 0 Å². The van der Waals surface area contributed by atoms with Crippen LogP contribution in [0.25, 0.3) is 0 Å². The van der Waals surface area contributed by atoms with E-state index in [-0.39, 0.29) is 0 Å². The fourth-order valence-electron chi connectivity index (χ4n) is 3.00. The summed E-state index contributed by atoms with van der Waals surface area (Å²) in [4.78, 5) is 10.8. The molecule has 2 aromatic rings. The molecule has 0 radical (unpaired) electrons. The van der Waals surface area contributed by atoms with Gasteiger partial charge in [0.05, 0.1) is 11.9 Å². The van der Waals surface area contributed by atoms with Gasteiger partial charge in [0.15, 0.2) is 5.75 Å². The van der Waals surface area contributed by atoms with Crippen molar-refractivity contribution in [2.45, 2.75) is 0 Å². The second-order valence-electron chi connectivity index (χ2n) is 6.18. The molecule has 0 amide bonds. The van der Waals surface area contributed by atoms with Crippen molar-refractivity contribution in [1.82, 2.24) is 9.80 Å². The molecule has 0 saturated carbocycles. The molecule has 124 valence electrons. The number of hydrogen-bond donors (Lipinski definition) is 1. The minimum Gasteiger partial charge on any atom is -0.375 e. The van der Waals surface area contributed by atoms with Gasteiger partial charge in [0.2, 0.25) is 0 Å². The Labute approximate surface area is 142 Å². The lowest BCUT2D eigenvalue weighted by atomic mass is 10.2. The third-order valence-electron chi connectivity index (χ3n) is 4.43. The predicted molar refractivity (Wildman–Crippen MR) is 96.8 cm³/mol. The molecular formula is C19H22N4O. The topological polar surface area (TPSA) is 31.0 Å². The normalized spacial score (nSPS) is 17.8. The lowest BCUT2D eigenvalue weighted by Crippen LogP contribution is -2.46. The van der Waals surface area contributed by atoms with Gasteiger partial charge in [-0.1, -0.05) is 30.3 Å².